The lowest BCUT2D eigenvalue weighted by Gasteiger charge is -2.22. The Morgan fingerprint density at radius 1 is 0.769 bits per heavy atom. The summed E-state index contributed by atoms with van der Waals surface area (Å²) in [5.74, 6) is 0.242. The second-order valence-corrected chi connectivity index (χ2v) is 10.5. The van der Waals surface area contributed by atoms with E-state index in [-0.39, 0.29) is 5.92 Å². The maximum Gasteiger partial charge on any atom is 0.000488 e. The van der Waals surface area contributed by atoms with Gasteiger partial charge in [0.05, 0.1) is 0 Å². The molecule has 196 valence electrons. The summed E-state index contributed by atoms with van der Waals surface area (Å²) < 4.78 is 0. The Labute approximate surface area is 234 Å². The van der Waals surface area contributed by atoms with Gasteiger partial charge in [0.25, 0.3) is 0 Å². The normalized spacial score (nSPS) is 14.4. The zero-order valence-electron chi connectivity index (χ0n) is 24.3. The molecule has 0 aromatic heterocycles. The van der Waals surface area contributed by atoms with Crippen LogP contribution in [0.5, 0.6) is 0 Å². The Morgan fingerprint density at radius 3 is 2.05 bits per heavy atom. The molecule has 0 aliphatic rings. The van der Waals surface area contributed by atoms with Gasteiger partial charge in [-0.15, -0.1) is 0 Å². The van der Waals surface area contributed by atoms with Crippen molar-refractivity contribution in [2.24, 2.45) is 0 Å². The minimum Gasteiger partial charge on any atom is -0.0991 e. The SMILES string of the molecule is C=C/C=C\C(C)c1c(C=C)c(C)c(\C(C)=c2/cccc/c2=C(C)\C(C)=C\c2ccccc2C)c2ccccc12. The van der Waals surface area contributed by atoms with Crippen LogP contribution in [0.25, 0.3) is 34.1 Å². The largest absolute Gasteiger partial charge is 0.0991 e. The molecule has 0 saturated carbocycles. The maximum atomic E-state index is 4.25. The molecule has 0 fully saturated rings. The minimum absolute atomic E-state index is 0.242. The number of hydrogen-bond donors (Lipinski definition) is 0. The highest BCUT2D eigenvalue weighted by atomic mass is 14.2. The highest BCUT2D eigenvalue weighted by Crippen LogP contribution is 2.38. The summed E-state index contributed by atoms with van der Waals surface area (Å²) in [7, 11) is 0. The Balaban J connectivity index is 2.08. The molecule has 0 nitrogen and oxygen atoms in total. The third-order valence-corrected chi connectivity index (χ3v) is 8.01. The van der Waals surface area contributed by atoms with Crippen LogP contribution in [0.2, 0.25) is 0 Å². The van der Waals surface area contributed by atoms with Gasteiger partial charge in [-0.2, -0.15) is 0 Å². The average Bonchev–Trinajstić information content (AvgIpc) is 2.95. The first-order valence-corrected chi connectivity index (χ1v) is 13.8. The molecule has 0 saturated heterocycles. The summed E-state index contributed by atoms with van der Waals surface area (Å²) in [5.41, 5.74) is 11.5. The van der Waals surface area contributed by atoms with Gasteiger partial charge in [-0.3, -0.25) is 0 Å². The Hall–Kier alpha value is -4.16. The number of rotatable bonds is 7. The Bertz CT molecular complexity index is 1740. The number of aryl methyl sites for hydroxylation is 1. The van der Waals surface area contributed by atoms with Crippen LogP contribution < -0.4 is 10.4 Å². The molecule has 4 aromatic carbocycles. The Kier molecular flexibility index (Phi) is 8.67. The summed E-state index contributed by atoms with van der Waals surface area (Å²) in [6.45, 7) is 21.5. The van der Waals surface area contributed by atoms with Crippen molar-refractivity contribution in [3.63, 3.8) is 0 Å². The van der Waals surface area contributed by atoms with E-state index in [1.54, 1.807) is 0 Å². The fraction of sp³-hybridized carbons (Fsp3) is 0.179. The number of fused-ring (bicyclic) bond motifs is 1. The van der Waals surface area contributed by atoms with Crippen LogP contribution in [-0.2, 0) is 0 Å². The van der Waals surface area contributed by atoms with Crippen molar-refractivity contribution < 1.29 is 0 Å². The average molecular weight is 509 g/mol. The molecular weight excluding hydrogens is 468 g/mol. The van der Waals surface area contributed by atoms with Crippen molar-refractivity contribution in [2.75, 3.05) is 0 Å². The van der Waals surface area contributed by atoms with E-state index < -0.39 is 0 Å². The topological polar surface area (TPSA) is 0 Å². The van der Waals surface area contributed by atoms with Crippen molar-refractivity contribution in [1.29, 1.82) is 0 Å². The van der Waals surface area contributed by atoms with Crippen LogP contribution in [0.1, 0.15) is 67.0 Å². The molecule has 0 radical (unpaired) electrons. The monoisotopic (exact) mass is 508 g/mol. The molecule has 39 heavy (non-hydrogen) atoms. The van der Waals surface area contributed by atoms with Gasteiger partial charge in [0.2, 0.25) is 0 Å². The lowest BCUT2D eigenvalue weighted by atomic mass is 9.82. The number of benzene rings is 4. The molecule has 4 rings (SSSR count). The second-order valence-electron chi connectivity index (χ2n) is 10.5. The zero-order chi connectivity index (χ0) is 28.1. The fourth-order valence-electron chi connectivity index (χ4n) is 5.77. The van der Waals surface area contributed by atoms with Gasteiger partial charge in [0, 0.05) is 5.92 Å². The van der Waals surface area contributed by atoms with Crippen molar-refractivity contribution in [1.82, 2.24) is 0 Å². The van der Waals surface area contributed by atoms with Crippen LogP contribution in [0.4, 0.5) is 0 Å². The molecule has 0 heteroatoms. The predicted molar refractivity (Wildman–Crippen MR) is 174 cm³/mol. The maximum absolute atomic E-state index is 4.25. The van der Waals surface area contributed by atoms with E-state index in [4.69, 9.17) is 0 Å². The van der Waals surface area contributed by atoms with Crippen LogP contribution in [0.3, 0.4) is 0 Å². The van der Waals surface area contributed by atoms with Gasteiger partial charge in [-0.25, -0.2) is 0 Å². The zero-order valence-corrected chi connectivity index (χ0v) is 24.3. The predicted octanol–water partition coefficient (Wildman–Crippen LogP) is 9.44. The van der Waals surface area contributed by atoms with Crippen molar-refractivity contribution in [3.05, 3.63) is 154 Å². The van der Waals surface area contributed by atoms with Crippen molar-refractivity contribution >= 4 is 34.1 Å². The smallest absolute Gasteiger partial charge is 0.000488 e. The van der Waals surface area contributed by atoms with E-state index in [0.717, 1.165) is 0 Å². The van der Waals surface area contributed by atoms with Crippen LogP contribution in [-0.4, -0.2) is 0 Å². The molecule has 1 atom stereocenters. The van der Waals surface area contributed by atoms with E-state index in [9.17, 15) is 0 Å². The molecule has 0 aliphatic carbocycles. The van der Waals surface area contributed by atoms with E-state index in [1.165, 1.54) is 71.3 Å². The lowest BCUT2D eigenvalue weighted by molar-refractivity contribution is 0.972. The van der Waals surface area contributed by atoms with Gasteiger partial charge < -0.3 is 0 Å². The standard InChI is InChI=1S/C39H40/c1-9-11-18-27(4)38-33(10-2)30(7)39(37-24-17-16-23-36(37)38)31(8)35-22-15-14-21-34(35)29(6)28(5)25-32-20-13-12-19-26(32)3/h9-25,27H,1-2H2,3-8H3/b18-11-,28-25+,34-29+,35-31+. The second kappa shape index (κ2) is 12.1. The first kappa shape index (κ1) is 27.9. The van der Waals surface area contributed by atoms with E-state index in [1.807, 2.05) is 18.2 Å². The summed E-state index contributed by atoms with van der Waals surface area (Å²) in [5, 5.41) is 5.10. The molecule has 4 aromatic rings. The first-order valence-electron chi connectivity index (χ1n) is 13.8. The third-order valence-electron chi connectivity index (χ3n) is 8.01. The minimum atomic E-state index is 0.242. The first-order chi connectivity index (χ1) is 18.8. The molecule has 0 N–H and O–H groups in total. The van der Waals surface area contributed by atoms with Gasteiger partial charge in [0.1, 0.15) is 0 Å². The number of hydrogen-bond acceptors (Lipinski definition) is 0. The van der Waals surface area contributed by atoms with Crippen LogP contribution in [0.15, 0.2) is 110 Å². The quantitative estimate of drug-likeness (QED) is 0.218. The highest BCUT2D eigenvalue weighted by Gasteiger charge is 2.19. The Morgan fingerprint density at radius 2 is 1.38 bits per heavy atom. The number of allylic oxidation sites excluding steroid dienone is 4. The van der Waals surface area contributed by atoms with Crippen LogP contribution >= 0.6 is 0 Å². The summed E-state index contributed by atoms with van der Waals surface area (Å²) in [6, 6.07) is 26.2. The summed E-state index contributed by atoms with van der Waals surface area (Å²) in [6.07, 6.45) is 10.4. The van der Waals surface area contributed by atoms with Crippen molar-refractivity contribution in [3.8, 4) is 0 Å². The summed E-state index contributed by atoms with van der Waals surface area (Å²) in [4.78, 5) is 0. The molecular formula is C39H40. The molecule has 1 unspecified atom stereocenters. The molecule has 0 spiro atoms. The molecule has 0 bridgehead atoms. The lowest BCUT2D eigenvalue weighted by Crippen LogP contribution is -2.29. The summed E-state index contributed by atoms with van der Waals surface area (Å²) >= 11 is 0. The highest BCUT2D eigenvalue weighted by molar-refractivity contribution is 6.00. The van der Waals surface area contributed by atoms with E-state index in [0.29, 0.717) is 0 Å². The van der Waals surface area contributed by atoms with Crippen LogP contribution in [0, 0.1) is 13.8 Å². The van der Waals surface area contributed by atoms with E-state index in [2.05, 4.69) is 140 Å². The molecule has 0 aliphatic heterocycles. The van der Waals surface area contributed by atoms with Gasteiger partial charge in [-0.1, -0.05) is 123 Å². The van der Waals surface area contributed by atoms with Gasteiger partial charge in [0.15, 0.2) is 0 Å². The molecule has 0 heterocycles. The van der Waals surface area contributed by atoms with Crippen molar-refractivity contribution in [2.45, 2.75) is 47.5 Å². The third kappa shape index (κ3) is 5.52. The van der Waals surface area contributed by atoms with Gasteiger partial charge in [-0.05, 0) is 106 Å². The van der Waals surface area contributed by atoms with Gasteiger partial charge >= 0.3 is 0 Å². The molecule has 0 amide bonds. The van der Waals surface area contributed by atoms with E-state index >= 15 is 0 Å². The fourth-order valence-corrected chi connectivity index (χ4v) is 5.77.